The Labute approximate surface area is 98.7 Å². The molecule has 1 atom stereocenters. The van der Waals surface area contributed by atoms with E-state index in [0.29, 0.717) is 0 Å². The molecule has 0 saturated heterocycles. The number of carboxylic acid groups (broad SMARTS) is 1. The van der Waals surface area contributed by atoms with Crippen molar-refractivity contribution in [3.8, 4) is 12.5 Å². The lowest BCUT2D eigenvalue weighted by atomic mass is 10.2. The summed E-state index contributed by atoms with van der Waals surface area (Å²) >= 11 is 0. The van der Waals surface area contributed by atoms with Crippen LogP contribution in [0.15, 0.2) is 12.2 Å². The summed E-state index contributed by atoms with van der Waals surface area (Å²) in [5, 5.41) is 13.4. The second kappa shape index (κ2) is 9.09. The van der Waals surface area contributed by atoms with Crippen LogP contribution >= 0.6 is 17.0 Å². The van der Waals surface area contributed by atoms with Gasteiger partial charge in [0.05, 0.1) is 0 Å². The van der Waals surface area contributed by atoms with E-state index in [1.807, 2.05) is 6.04 Å². The Morgan fingerprint density at radius 1 is 1.60 bits per heavy atom. The Morgan fingerprint density at radius 3 is 2.60 bits per heavy atom. The number of aliphatic carboxylic acids is 1. The van der Waals surface area contributed by atoms with Gasteiger partial charge in [0.2, 0.25) is 5.91 Å². The molecule has 1 amide bonds. The number of carbonyl (C=O) groups excluding carboxylic acids is 1. The number of rotatable bonds is 5. The van der Waals surface area contributed by atoms with Crippen LogP contribution in [0.5, 0.6) is 0 Å². The zero-order valence-corrected chi connectivity index (χ0v) is 9.90. The highest BCUT2D eigenvalue weighted by Crippen LogP contribution is 1.85. The number of carbonyl (C=O) groups is 2. The summed E-state index contributed by atoms with van der Waals surface area (Å²) in [5.41, 5.74) is 0. The van der Waals surface area contributed by atoms with Gasteiger partial charge in [0.25, 0.3) is 0 Å². The van der Waals surface area contributed by atoms with Crippen molar-refractivity contribution < 1.29 is 14.7 Å². The maximum absolute atomic E-state index is 10.5. The second-order valence-electron chi connectivity index (χ2n) is 2.47. The maximum Gasteiger partial charge on any atom is 0.330 e. The smallest absolute Gasteiger partial charge is 0.330 e. The first-order valence-corrected chi connectivity index (χ1v) is 3.93. The van der Waals surface area contributed by atoms with E-state index < -0.39 is 12.0 Å². The highest BCUT2D eigenvalue weighted by Gasteiger charge is 2.10. The molecule has 1 unspecified atom stereocenters. The van der Waals surface area contributed by atoms with Gasteiger partial charge in [0.1, 0.15) is 6.04 Å². The molecule has 0 aromatic rings. The normalized spacial score (nSPS) is 10.9. The lowest BCUT2D eigenvalue weighted by Crippen LogP contribution is -2.31. The van der Waals surface area contributed by atoms with Crippen LogP contribution in [0.2, 0.25) is 0 Å². The first-order valence-electron chi connectivity index (χ1n) is 3.93. The lowest BCUT2D eigenvalue weighted by Gasteiger charge is -2.04. The van der Waals surface area contributed by atoms with Gasteiger partial charge in [0.15, 0.2) is 0 Å². The third-order valence-corrected chi connectivity index (χ3v) is 1.30. The Kier molecular flexibility index (Phi) is 9.68. The predicted octanol–water partition coefficient (Wildman–Crippen LogP) is -0.110. The zero-order chi connectivity index (χ0) is 11.0. The van der Waals surface area contributed by atoms with E-state index >= 15 is 0 Å². The van der Waals surface area contributed by atoms with Crippen molar-refractivity contribution in [3.05, 3.63) is 12.2 Å². The molecule has 0 radical (unpaired) electrons. The largest absolute Gasteiger partial charge is 0.479 e. The van der Waals surface area contributed by atoms with E-state index in [0.717, 1.165) is 0 Å². The van der Waals surface area contributed by atoms with Crippen LogP contribution < -0.4 is 10.6 Å². The molecular weight excluding hydrogens is 264 g/mol. The van der Waals surface area contributed by atoms with Crippen LogP contribution in [0.4, 0.5) is 0 Å². The summed E-state index contributed by atoms with van der Waals surface area (Å²) in [7, 11) is 0. The molecule has 6 heteroatoms. The van der Waals surface area contributed by atoms with Gasteiger partial charge in [0, 0.05) is 19.5 Å². The average Bonchev–Trinajstić information content (AvgIpc) is 2.09. The Bertz CT molecular complexity index is 284. The SMILES string of the molecule is Br.C#CNC(C=CCNC(C)=O)C(=O)O. The minimum Gasteiger partial charge on any atom is -0.479 e. The number of amides is 1. The number of hydrogen-bond donors (Lipinski definition) is 3. The second-order valence-corrected chi connectivity index (χ2v) is 2.47. The van der Waals surface area contributed by atoms with Crippen LogP contribution in [-0.2, 0) is 9.59 Å². The van der Waals surface area contributed by atoms with Gasteiger partial charge in [-0.3, -0.25) is 4.79 Å². The van der Waals surface area contributed by atoms with Gasteiger partial charge in [-0.2, -0.15) is 0 Å². The standard InChI is InChI=1S/C9H12N2O3.BrH/c1-3-10-8(9(13)14)5-4-6-11-7(2)12;/h1,4-5,8,10H,6H2,2H3,(H,11,12)(H,13,14);1H. The number of halogens is 1. The van der Waals surface area contributed by atoms with Crippen LogP contribution in [0.1, 0.15) is 6.92 Å². The first-order chi connectivity index (χ1) is 6.57. The molecule has 15 heavy (non-hydrogen) atoms. The van der Waals surface area contributed by atoms with Crippen molar-refractivity contribution in [1.29, 1.82) is 0 Å². The minimum atomic E-state index is -1.07. The molecule has 0 spiro atoms. The molecule has 0 aliphatic heterocycles. The number of hydrogen-bond acceptors (Lipinski definition) is 3. The van der Waals surface area contributed by atoms with E-state index in [4.69, 9.17) is 11.5 Å². The first kappa shape index (κ1) is 16.0. The van der Waals surface area contributed by atoms with Gasteiger partial charge in [-0.05, 0) is 0 Å². The fourth-order valence-electron chi connectivity index (χ4n) is 0.689. The number of terminal acetylenes is 1. The summed E-state index contributed by atoms with van der Waals surface area (Å²) in [5.74, 6) is -1.24. The van der Waals surface area contributed by atoms with Gasteiger partial charge in [-0.15, -0.1) is 17.0 Å². The molecule has 0 saturated carbocycles. The number of carboxylic acids is 1. The van der Waals surface area contributed by atoms with Crippen molar-refractivity contribution in [2.24, 2.45) is 0 Å². The molecule has 0 aromatic heterocycles. The van der Waals surface area contributed by atoms with E-state index in [1.54, 1.807) is 0 Å². The topological polar surface area (TPSA) is 78.4 Å². The zero-order valence-electron chi connectivity index (χ0n) is 8.19. The Hall–Kier alpha value is -1.48. The molecule has 84 valence electrons. The summed E-state index contributed by atoms with van der Waals surface area (Å²) in [4.78, 5) is 21.0. The van der Waals surface area contributed by atoms with Gasteiger partial charge in [-0.25, -0.2) is 4.79 Å². The maximum atomic E-state index is 10.5. The van der Waals surface area contributed by atoms with Gasteiger partial charge in [-0.1, -0.05) is 18.6 Å². The molecule has 0 aromatic carbocycles. The molecule has 5 nitrogen and oxygen atoms in total. The van der Waals surface area contributed by atoms with E-state index in [2.05, 4.69) is 10.6 Å². The molecule has 0 aliphatic rings. The molecule has 3 N–H and O–H groups in total. The summed E-state index contributed by atoms with van der Waals surface area (Å²) < 4.78 is 0. The Balaban J connectivity index is 0. The van der Waals surface area contributed by atoms with Crippen LogP contribution in [0.3, 0.4) is 0 Å². The molecule has 0 aliphatic carbocycles. The molecule has 0 bridgehead atoms. The van der Waals surface area contributed by atoms with Gasteiger partial charge < -0.3 is 15.7 Å². The molecule has 0 heterocycles. The van der Waals surface area contributed by atoms with Crippen LogP contribution in [0.25, 0.3) is 0 Å². The fourth-order valence-corrected chi connectivity index (χ4v) is 0.689. The van der Waals surface area contributed by atoms with E-state index in [-0.39, 0.29) is 29.4 Å². The van der Waals surface area contributed by atoms with Crippen LogP contribution in [0, 0.1) is 12.5 Å². The van der Waals surface area contributed by atoms with Crippen molar-refractivity contribution in [2.45, 2.75) is 13.0 Å². The van der Waals surface area contributed by atoms with Crippen LogP contribution in [-0.4, -0.2) is 29.6 Å². The number of nitrogens with one attached hydrogen (secondary N) is 2. The highest BCUT2D eigenvalue weighted by atomic mass is 79.9. The summed E-state index contributed by atoms with van der Waals surface area (Å²) in [6.07, 6.45) is 7.78. The minimum absolute atomic E-state index is 0. The third kappa shape index (κ3) is 8.84. The molecule has 0 rings (SSSR count). The Morgan fingerprint density at radius 2 is 2.20 bits per heavy atom. The van der Waals surface area contributed by atoms with Crippen molar-refractivity contribution in [1.82, 2.24) is 10.6 Å². The van der Waals surface area contributed by atoms with E-state index in [1.165, 1.54) is 19.1 Å². The van der Waals surface area contributed by atoms with Crippen molar-refractivity contribution in [3.63, 3.8) is 0 Å². The third-order valence-electron chi connectivity index (χ3n) is 1.30. The predicted molar refractivity (Wildman–Crippen MR) is 61.5 cm³/mol. The quantitative estimate of drug-likeness (QED) is 0.372. The van der Waals surface area contributed by atoms with Gasteiger partial charge >= 0.3 is 5.97 Å². The molecular formula is C9H13BrN2O3. The average molecular weight is 277 g/mol. The van der Waals surface area contributed by atoms with Crippen molar-refractivity contribution in [2.75, 3.05) is 6.54 Å². The monoisotopic (exact) mass is 276 g/mol. The molecule has 0 fully saturated rings. The fraction of sp³-hybridized carbons (Fsp3) is 0.333. The van der Waals surface area contributed by atoms with Crippen molar-refractivity contribution >= 4 is 28.9 Å². The summed E-state index contributed by atoms with van der Waals surface area (Å²) in [6.45, 7) is 1.66. The van der Waals surface area contributed by atoms with E-state index in [9.17, 15) is 9.59 Å². The highest BCUT2D eigenvalue weighted by molar-refractivity contribution is 8.93. The summed E-state index contributed by atoms with van der Waals surface area (Å²) in [6, 6.07) is 1.11. The lowest BCUT2D eigenvalue weighted by molar-refractivity contribution is -0.137.